The molecule has 2 aromatic carbocycles. The van der Waals surface area contributed by atoms with Gasteiger partial charge in [-0.25, -0.2) is 0 Å². The third-order valence-electron chi connectivity index (χ3n) is 4.04. The fourth-order valence-corrected chi connectivity index (χ4v) is 2.87. The van der Waals surface area contributed by atoms with Crippen LogP contribution in [0.2, 0.25) is 0 Å². The fourth-order valence-electron chi connectivity index (χ4n) is 2.87. The minimum absolute atomic E-state index is 0.163. The number of nitrogens with one attached hydrogen (secondary N) is 1. The van der Waals surface area contributed by atoms with E-state index < -0.39 is 0 Å². The van der Waals surface area contributed by atoms with Gasteiger partial charge in [-0.1, -0.05) is 18.2 Å². The highest BCUT2D eigenvalue weighted by Crippen LogP contribution is 2.31. The molecule has 0 fully saturated rings. The minimum atomic E-state index is -0.163. The lowest BCUT2D eigenvalue weighted by molar-refractivity contribution is 0.0923. The molecule has 0 saturated heterocycles. The molecule has 4 rings (SSSR count). The Morgan fingerprint density at radius 1 is 1.12 bits per heavy atom. The second-order valence-corrected chi connectivity index (χ2v) is 5.64. The summed E-state index contributed by atoms with van der Waals surface area (Å²) in [7, 11) is 0. The van der Waals surface area contributed by atoms with Crippen LogP contribution in [0.5, 0.6) is 5.75 Å². The predicted molar refractivity (Wildman–Crippen MR) is 92.9 cm³/mol. The van der Waals surface area contributed by atoms with Gasteiger partial charge in [0.25, 0.3) is 0 Å². The van der Waals surface area contributed by atoms with E-state index in [9.17, 15) is 9.90 Å². The molecule has 0 aliphatic carbocycles. The average Bonchev–Trinajstić information content (AvgIpc) is 3.19. The molecule has 4 aromatic rings. The maximum atomic E-state index is 12.0. The van der Waals surface area contributed by atoms with Gasteiger partial charge >= 0.3 is 0 Å². The van der Waals surface area contributed by atoms with Crippen molar-refractivity contribution in [2.45, 2.75) is 6.92 Å². The fraction of sp³-hybridized carbons (Fsp3) is 0.0526. The number of H-pyrrole nitrogens is 1. The summed E-state index contributed by atoms with van der Waals surface area (Å²) < 4.78 is 1.39. The van der Waals surface area contributed by atoms with Gasteiger partial charge in [-0.2, -0.15) is 9.78 Å². The Hall–Kier alpha value is -3.34. The van der Waals surface area contributed by atoms with Crippen molar-refractivity contribution in [3.05, 3.63) is 60.8 Å². The Morgan fingerprint density at radius 2 is 1.88 bits per heavy atom. The number of nitrogens with zero attached hydrogens (tertiary/aromatic N) is 2. The lowest BCUT2D eigenvalue weighted by atomic mass is 10.1. The van der Waals surface area contributed by atoms with Gasteiger partial charge < -0.3 is 10.1 Å². The number of carbonyl (C=O) groups excluding carboxylic acids is 1. The van der Waals surface area contributed by atoms with Crippen molar-refractivity contribution < 1.29 is 9.90 Å². The van der Waals surface area contributed by atoms with Crippen LogP contribution in [0.4, 0.5) is 0 Å². The highest BCUT2D eigenvalue weighted by molar-refractivity contribution is 5.95. The number of aromatic hydroxyl groups is 1. The minimum Gasteiger partial charge on any atom is -0.508 e. The highest BCUT2D eigenvalue weighted by Gasteiger charge is 2.16. The van der Waals surface area contributed by atoms with Crippen molar-refractivity contribution >= 4 is 16.8 Å². The second-order valence-electron chi connectivity index (χ2n) is 5.64. The lowest BCUT2D eigenvalue weighted by Gasteiger charge is -2.03. The Morgan fingerprint density at radius 3 is 2.62 bits per heavy atom. The molecule has 0 spiro atoms. The number of phenolic OH excluding ortho intramolecular Hbond substituents is 1. The molecular weight excluding hydrogens is 302 g/mol. The van der Waals surface area contributed by atoms with Gasteiger partial charge in [0.05, 0.1) is 11.4 Å². The molecule has 0 atom stereocenters. The third kappa shape index (κ3) is 2.27. The smallest absolute Gasteiger partial charge is 0.244 e. The van der Waals surface area contributed by atoms with E-state index >= 15 is 0 Å². The summed E-state index contributed by atoms with van der Waals surface area (Å²) >= 11 is 0. The normalized spacial score (nSPS) is 11.0. The number of aromatic amines is 1. The molecular formula is C19H15N3O2. The van der Waals surface area contributed by atoms with E-state index in [2.05, 4.69) is 10.1 Å². The third-order valence-corrected chi connectivity index (χ3v) is 4.04. The Bertz CT molecular complexity index is 1040. The quantitative estimate of drug-likeness (QED) is 0.585. The van der Waals surface area contributed by atoms with Gasteiger partial charge in [-0.05, 0) is 36.4 Å². The number of aromatic nitrogens is 3. The van der Waals surface area contributed by atoms with Crippen LogP contribution in [0.1, 0.15) is 11.7 Å². The molecule has 0 radical (unpaired) electrons. The summed E-state index contributed by atoms with van der Waals surface area (Å²) in [6, 6.07) is 16.6. The zero-order valence-corrected chi connectivity index (χ0v) is 13.0. The van der Waals surface area contributed by atoms with Crippen molar-refractivity contribution in [3.63, 3.8) is 0 Å². The SMILES string of the molecule is CC(=O)n1nc(-c2c[nH]c3ccccc23)cc1-c1ccc(O)cc1. The number of carbonyl (C=O) groups is 1. The van der Waals surface area contributed by atoms with E-state index in [1.54, 1.807) is 24.3 Å². The number of rotatable bonds is 2. The van der Waals surface area contributed by atoms with Crippen molar-refractivity contribution in [3.8, 4) is 28.3 Å². The van der Waals surface area contributed by atoms with E-state index in [0.29, 0.717) is 5.69 Å². The second kappa shape index (κ2) is 5.38. The molecule has 5 nitrogen and oxygen atoms in total. The number of benzene rings is 2. The number of fused-ring (bicyclic) bond motifs is 1. The van der Waals surface area contributed by atoms with Crippen molar-refractivity contribution in [1.29, 1.82) is 0 Å². The van der Waals surface area contributed by atoms with Gasteiger partial charge in [-0.3, -0.25) is 4.79 Å². The maximum absolute atomic E-state index is 12.0. The van der Waals surface area contributed by atoms with Crippen LogP contribution < -0.4 is 0 Å². The Labute approximate surface area is 138 Å². The standard InChI is InChI=1S/C19H15N3O2/c1-12(23)22-19(13-6-8-14(24)9-7-13)10-18(21-22)16-11-20-17-5-3-2-4-15(16)17/h2-11,20,24H,1H3. The summed E-state index contributed by atoms with van der Waals surface area (Å²) in [4.78, 5) is 15.2. The zero-order valence-electron chi connectivity index (χ0n) is 13.0. The lowest BCUT2D eigenvalue weighted by Crippen LogP contribution is -2.09. The molecule has 2 aromatic heterocycles. The van der Waals surface area contributed by atoms with Crippen LogP contribution in [0.25, 0.3) is 33.4 Å². The number of hydrogen-bond donors (Lipinski definition) is 2. The maximum Gasteiger partial charge on any atom is 0.244 e. The Kier molecular flexibility index (Phi) is 3.20. The van der Waals surface area contributed by atoms with Gasteiger partial charge in [0.1, 0.15) is 5.75 Å². The van der Waals surface area contributed by atoms with Gasteiger partial charge in [-0.15, -0.1) is 0 Å². The Balaban J connectivity index is 1.90. The molecule has 2 heterocycles. The highest BCUT2D eigenvalue weighted by atomic mass is 16.3. The summed E-state index contributed by atoms with van der Waals surface area (Å²) in [5, 5.41) is 15.0. The van der Waals surface area contributed by atoms with Crippen LogP contribution >= 0.6 is 0 Å². The van der Waals surface area contributed by atoms with Crippen molar-refractivity contribution in [2.24, 2.45) is 0 Å². The van der Waals surface area contributed by atoms with Crippen molar-refractivity contribution in [2.75, 3.05) is 0 Å². The van der Waals surface area contributed by atoms with Crippen molar-refractivity contribution in [1.82, 2.24) is 14.8 Å². The van der Waals surface area contributed by atoms with Gasteiger partial charge in [0.15, 0.2) is 0 Å². The van der Waals surface area contributed by atoms with E-state index in [1.807, 2.05) is 36.5 Å². The van der Waals surface area contributed by atoms with Crippen LogP contribution in [0, 0.1) is 0 Å². The number of hydrogen-bond acceptors (Lipinski definition) is 3. The number of para-hydroxylation sites is 1. The summed E-state index contributed by atoms with van der Waals surface area (Å²) in [6.45, 7) is 1.48. The zero-order chi connectivity index (χ0) is 16.7. The number of phenols is 1. The van der Waals surface area contributed by atoms with Gasteiger partial charge in [0.2, 0.25) is 5.91 Å². The first-order valence-electron chi connectivity index (χ1n) is 7.60. The van der Waals surface area contributed by atoms with Crippen LogP contribution in [0.3, 0.4) is 0 Å². The largest absolute Gasteiger partial charge is 0.508 e. The summed E-state index contributed by atoms with van der Waals surface area (Å²) in [5.74, 6) is 0.0219. The first kappa shape index (κ1) is 14.3. The van der Waals surface area contributed by atoms with Crippen LogP contribution in [-0.2, 0) is 0 Å². The van der Waals surface area contributed by atoms with E-state index in [0.717, 1.165) is 27.7 Å². The average molecular weight is 317 g/mol. The predicted octanol–water partition coefficient (Wildman–Crippen LogP) is 4.06. The van der Waals surface area contributed by atoms with E-state index in [1.165, 1.54) is 11.6 Å². The molecule has 0 aliphatic heterocycles. The molecule has 0 amide bonds. The summed E-state index contributed by atoms with van der Waals surface area (Å²) in [6.07, 6.45) is 1.90. The van der Waals surface area contributed by atoms with E-state index in [4.69, 9.17) is 0 Å². The molecule has 24 heavy (non-hydrogen) atoms. The first-order valence-corrected chi connectivity index (χ1v) is 7.60. The first-order chi connectivity index (χ1) is 11.6. The topological polar surface area (TPSA) is 70.9 Å². The van der Waals surface area contributed by atoms with Crippen LogP contribution in [0.15, 0.2) is 60.8 Å². The molecule has 0 saturated carbocycles. The van der Waals surface area contributed by atoms with Gasteiger partial charge in [0, 0.05) is 35.2 Å². The molecule has 118 valence electrons. The molecule has 5 heteroatoms. The van der Waals surface area contributed by atoms with Crippen LogP contribution in [-0.4, -0.2) is 25.8 Å². The molecule has 0 bridgehead atoms. The van der Waals surface area contributed by atoms with E-state index in [-0.39, 0.29) is 11.7 Å². The monoisotopic (exact) mass is 317 g/mol. The molecule has 0 unspecified atom stereocenters. The molecule has 0 aliphatic rings. The molecule has 2 N–H and O–H groups in total. The summed E-state index contributed by atoms with van der Waals surface area (Å²) in [5.41, 5.74) is 4.22.